The van der Waals surface area contributed by atoms with Crippen LogP contribution >= 0.6 is 0 Å². The van der Waals surface area contributed by atoms with Crippen molar-refractivity contribution in [3.05, 3.63) is 66.4 Å². The van der Waals surface area contributed by atoms with Crippen molar-refractivity contribution in [3.8, 4) is 11.5 Å². The molecule has 0 saturated carbocycles. The molecule has 0 aliphatic rings. The monoisotopic (exact) mass is 335 g/mol. The van der Waals surface area contributed by atoms with Crippen molar-refractivity contribution >= 4 is 23.0 Å². The van der Waals surface area contributed by atoms with Crippen LogP contribution in [-0.4, -0.2) is 30.8 Å². The molecule has 1 heterocycles. The van der Waals surface area contributed by atoms with E-state index in [1.165, 1.54) is 6.21 Å². The Labute approximate surface area is 145 Å². The summed E-state index contributed by atoms with van der Waals surface area (Å²) in [6, 6.07) is 16.7. The summed E-state index contributed by atoms with van der Waals surface area (Å²) in [6.07, 6.45) is 3.21. The Hall–Kier alpha value is -3.41. The van der Waals surface area contributed by atoms with Gasteiger partial charge in [0.15, 0.2) is 6.61 Å². The molecule has 0 aliphatic heterocycles. The molecular weight excluding hydrogens is 318 g/mol. The first-order valence-corrected chi connectivity index (χ1v) is 7.69. The standard InChI is InChI=1S/C19H17N3O3/c1-24-16-9-3-2-6-15(16)12-21-22-18(23)13-25-17-10-4-7-14-8-5-11-20-19(14)17/h2-12H,13H2,1H3,(H,22,23)/b21-12-. The highest BCUT2D eigenvalue weighted by atomic mass is 16.5. The molecule has 3 rings (SSSR count). The summed E-state index contributed by atoms with van der Waals surface area (Å²) in [4.78, 5) is 16.2. The molecule has 2 aromatic carbocycles. The number of nitrogens with zero attached hydrogens (tertiary/aromatic N) is 2. The number of para-hydroxylation sites is 2. The van der Waals surface area contributed by atoms with Crippen molar-refractivity contribution in [2.75, 3.05) is 13.7 Å². The lowest BCUT2D eigenvalue weighted by Gasteiger charge is -2.07. The molecule has 3 aromatic rings. The Morgan fingerprint density at radius 1 is 1.12 bits per heavy atom. The first-order chi connectivity index (χ1) is 12.3. The molecule has 126 valence electrons. The molecule has 0 atom stereocenters. The fourth-order valence-electron chi connectivity index (χ4n) is 2.32. The van der Waals surface area contributed by atoms with Gasteiger partial charge in [-0.2, -0.15) is 5.10 Å². The van der Waals surface area contributed by atoms with E-state index in [1.807, 2.05) is 48.5 Å². The summed E-state index contributed by atoms with van der Waals surface area (Å²) in [5.74, 6) is 0.875. The van der Waals surface area contributed by atoms with Crippen molar-refractivity contribution in [2.45, 2.75) is 0 Å². The largest absolute Gasteiger partial charge is 0.496 e. The van der Waals surface area contributed by atoms with Gasteiger partial charge in [-0.05, 0) is 24.3 Å². The summed E-state index contributed by atoms with van der Waals surface area (Å²) >= 11 is 0. The van der Waals surface area contributed by atoms with Gasteiger partial charge in [0.2, 0.25) is 0 Å². The van der Waals surface area contributed by atoms with E-state index in [0.29, 0.717) is 11.5 Å². The average molecular weight is 335 g/mol. The fraction of sp³-hybridized carbons (Fsp3) is 0.105. The highest BCUT2D eigenvalue weighted by Crippen LogP contribution is 2.22. The normalized spacial score (nSPS) is 10.8. The Morgan fingerprint density at radius 2 is 1.92 bits per heavy atom. The number of methoxy groups -OCH3 is 1. The van der Waals surface area contributed by atoms with Gasteiger partial charge in [-0.1, -0.05) is 30.3 Å². The zero-order valence-electron chi connectivity index (χ0n) is 13.7. The molecule has 6 heteroatoms. The SMILES string of the molecule is COc1ccccc1/C=N\NC(=O)COc1cccc2cccnc12. The molecule has 25 heavy (non-hydrogen) atoms. The average Bonchev–Trinajstić information content (AvgIpc) is 2.66. The summed E-state index contributed by atoms with van der Waals surface area (Å²) in [6.45, 7) is -0.154. The van der Waals surface area contributed by atoms with Gasteiger partial charge in [0.25, 0.3) is 5.91 Å². The fourth-order valence-corrected chi connectivity index (χ4v) is 2.32. The second-order valence-corrected chi connectivity index (χ2v) is 5.16. The lowest BCUT2D eigenvalue weighted by Crippen LogP contribution is -2.24. The number of hydrogen-bond donors (Lipinski definition) is 1. The first kappa shape index (κ1) is 16.4. The van der Waals surface area contributed by atoms with E-state index in [0.717, 1.165) is 16.5 Å². The van der Waals surface area contributed by atoms with Crippen LogP contribution in [0, 0.1) is 0 Å². The van der Waals surface area contributed by atoms with Gasteiger partial charge in [0, 0.05) is 17.1 Å². The van der Waals surface area contributed by atoms with Crippen LogP contribution in [0.25, 0.3) is 10.9 Å². The predicted molar refractivity (Wildman–Crippen MR) is 96.0 cm³/mol. The lowest BCUT2D eigenvalue weighted by molar-refractivity contribution is -0.123. The minimum absolute atomic E-state index is 0.154. The van der Waals surface area contributed by atoms with Crippen molar-refractivity contribution < 1.29 is 14.3 Å². The smallest absolute Gasteiger partial charge is 0.277 e. The number of rotatable bonds is 6. The molecule has 0 spiro atoms. The molecule has 0 bridgehead atoms. The van der Waals surface area contributed by atoms with Crippen LogP contribution < -0.4 is 14.9 Å². The number of hydrazone groups is 1. The molecule has 0 saturated heterocycles. The number of pyridine rings is 1. The van der Waals surface area contributed by atoms with Gasteiger partial charge in [-0.3, -0.25) is 9.78 Å². The van der Waals surface area contributed by atoms with E-state index in [4.69, 9.17) is 9.47 Å². The zero-order chi connectivity index (χ0) is 17.5. The van der Waals surface area contributed by atoms with E-state index >= 15 is 0 Å². The van der Waals surface area contributed by atoms with E-state index in [9.17, 15) is 4.79 Å². The maximum absolute atomic E-state index is 11.9. The molecular formula is C19H17N3O3. The maximum Gasteiger partial charge on any atom is 0.277 e. The lowest BCUT2D eigenvalue weighted by atomic mass is 10.2. The number of carbonyl (C=O) groups is 1. The number of nitrogens with one attached hydrogen (secondary N) is 1. The first-order valence-electron chi connectivity index (χ1n) is 7.69. The topological polar surface area (TPSA) is 72.8 Å². The van der Waals surface area contributed by atoms with Crippen molar-refractivity contribution in [1.82, 2.24) is 10.4 Å². The summed E-state index contributed by atoms with van der Waals surface area (Å²) in [5, 5.41) is 4.88. The van der Waals surface area contributed by atoms with E-state index in [2.05, 4.69) is 15.5 Å². The molecule has 0 radical (unpaired) electrons. The molecule has 1 N–H and O–H groups in total. The number of aromatic nitrogens is 1. The van der Waals surface area contributed by atoms with Crippen LogP contribution in [0.5, 0.6) is 11.5 Å². The van der Waals surface area contributed by atoms with E-state index in [-0.39, 0.29) is 12.5 Å². The molecule has 0 aliphatic carbocycles. The number of ether oxygens (including phenoxy) is 2. The number of hydrogen-bond acceptors (Lipinski definition) is 5. The van der Waals surface area contributed by atoms with Crippen molar-refractivity contribution in [3.63, 3.8) is 0 Å². The predicted octanol–water partition coefficient (Wildman–Crippen LogP) is 2.77. The molecule has 1 amide bonds. The van der Waals surface area contributed by atoms with Crippen LogP contribution in [0.4, 0.5) is 0 Å². The highest BCUT2D eigenvalue weighted by Gasteiger charge is 2.06. The highest BCUT2D eigenvalue weighted by molar-refractivity contribution is 5.86. The maximum atomic E-state index is 11.9. The van der Waals surface area contributed by atoms with E-state index < -0.39 is 0 Å². The number of fused-ring (bicyclic) bond motifs is 1. The van der Waals surface area contributed by atoms with Crippen molar-refractivity contribution in [1.29, 1.82) is 0 Å². The van der Waals surface area contributed by atoms with Gasteiger partial charge in [-0.25, -0.2) is 5.43 Å². The minimum atomic E-state index is -0.362. The van der Waals surface area contributed by atoms with Crippen LogP contribution in [0.3, 0.4) is 0 Å². The molecule has 1 aromatic heterocycles. The minimum Gasteiger partial charge on any atom is -0.496 e. The third kappa shape index (κ3) is 4.11. The third-order valence-corrected chi connectivity index (χ3v) is 3.49. The summed E-state index contributed by atoms with van der Waals surface area (Å²) in [5.41, 5.74) is 3.92. The van der Waals surface area contributed by atoms with Gasteiger partial charge < -0.3 is 9.47 Å². The van der Waals surface area contributed by atoms with Crippen LogP contribution in [0.2, 0.25) is 0 Å². The zero-order valence-corrected chi connectivity index (χ0v) is 13.7. The Kier molecular flexibility index (Phi) is 5.21. The third-order valence-electron chi connectivity index (χ3n) is 3.49. The molecule has 0 fully saturated rings. The Bertz CT molecular complexity index is 904. The van der Waals surface area contributed by atoms with Gasteiger partial charge in [-0.15, -0.1) is 0 Å². The second kappa shape index (κ2) is 7.92. The Morgan fingerprint density at radius 3 is 2.80 bits per heavy atom. The quantitative estimate of drug-likeness (QED) is 0.555. The van der Waals surface area contributed by atoms with Gasteiger partial charge in [0.05, 0.1) is 13.3 Å². The van der Waals surface area contributed by atoms with Gasteiger partial charge >= 0.3 is 0 Å². The Balaban J connectivity index is 1.59. The number of carbonyl (C=O) groups excluding carboxylic acids is 1. The van der Waals surface area contributed by atoms with Crippen molar-refractivity contribution in [2.24, 2.45) is 5.10 Å². The number of amides is 1. The molecule has 0 unspecified atom stereocenters. The van der Waals surface area contributed by atoms with E-state index in [1.54, 1.807) is 19.4 Å². The summed E-state index contributed by atoms with van der Waals surface area (Å²) in [7, 11) is 1.58. The number of benzene rings is 2. The van der Waals surface area contributed by atoms with Gasteiger partial charge in [0.1, 0.15) is 17.0 Å². The second-order valence-electron chi connectivity index (χ2n) is 5.16. The van der Waals surface area contributed by atoms with Crippen LogP contribution in [0.1, 0.15) is 5.56 Å². The van der Waals surface area contributed by atoms with Crippen LogP contribution in [-0.2, 0) is 4.79 Å². The molecule has 6 nitrogen and oxygen atoms in total. The summed E-state index contributed by atoms with van der Waals surface area (Å²) < 4.78 is 10.8. The van der Waals surface area contributed by atoms with Crippen LogP contribution in [0.15, 0.2) is 65.9 Å².